The van der Waals surface area contributed by atoms with Crippen LogP contribution in [0.2, 0.25) is 0 Å². The number of hydrogen-bond acceptors (Lipinski definition) is 3. The van der Waals surface area contributed by atoms with Crippen LogP contribution in [-0.2, 0) is 4.74 Å². The molecule has 1 fully saturated rings. The van der Waals surface area contributed by atoms with Crippen LogP contribution in [0.25, 0.3) is 10.8 Å². The molecule has 1 aromatic carbocycles. The van der Waals surface area contributed by atoms with E-state index in [1.165, 1.54) is 16.5 Å². The molecular formula is C16H20N2O. The number of ether oxygens (including phenoxy) is 1. The van der Waals surface area contributed by atoms with Crippen molar-refractivity contribution in [1.82, 2.24) is 4.98 Å². The lowest BCUT2D eigenvalue weighted by Gasteiger charge is -2.33. The Hall–Kier alpha value is -1.61. The van der Waals surface area contributed by atoms with Gasteiger partial charge >= 0.3 is 0 Å². The number of rotatable bonds is 2. The van der Waals surface area contributed by atoms with Gasteiger partial charge in [0.25, 0.3) is 0 Å². The molecule has 0 bridgehead atoms. The first-order valence-corrected chi connectivity index (χ1v) is 6.97. The van der Waals surface area contributed by atoms with Crippen molar-refractivity contribution in [2.75, 3.05) is 5.32 Å². The molecule has 0 radical (unpaired) electrons. The second-order valence-electron chi connectivity index (χ2n) is 5.47. The minimum Gasteiger partial charge on any atom is -0.382 e. The van der Waals surface area contributed by atoms with Gasteiger partial charge in [-0.25, -0.2) is 0 Å². The zero-order chi connectivity index (χ0) is 13.2. The highest BCUT2D eigenvalue weighted by Crippen LogP contribution is 2.27. The zero-order valence-corrected chi connectivity index (χ0v) is 11.5. The molecule has 1 aliphatic rings. The number of pyridine rings is 1. The number of nitrogens with zero attached hydrogens (tertiary/aromatic N) is 1. The minimum atomic E-state index is 0.331. The summed E-state index contributed by atoms with van der Waals surface area (Å²) < 4.78 is 5.79. The normalized spacial score (nSPS) is 27.4. The average Bonchev–Trinajstić information content (AvgIpc) is 2.38. The monoisotopic (exact) mass is 256 g/mol. The van der Waals surface area contributed by atoms with Crippen LogP contribution in [0.3, 0.4) is 0 Å². The van der Waals surface area contributed by atoms with E-state index in [9.17, 15) is 0 Å². The maximum atomic E-state index is 5.79. The Balaban J connectivity index is 1.85. The fourth-order valence-corrected chi connectivity index (χ4v) is 2.99. The Kier molecular flexibility index (Phi) is 3.38. The van der Waals surface area contributed by atoms with E-state index >= 15 is 0 Å². The summed E-state index contributed by atoms with van der Waals surface area (Å²) in [6.45, 7) is 4.30. The molecule has 3 nitrogen and oxygen atoms in total. The second-order valence-corrected chi connectivity index (χ2v) is 5.47. The van der Waals surface area contributed by atoms with Crippen molar-refractivity contribution < 1.29 is 4.74 Å². The van der Waals surface area contributed by atoms with E-state index in [-0.39, 0.29) is 0 Å². The molecule has 1 aromatic heterocycles. The summed E-state index contributed by atoms with van der Waals surface area (Å²) in [5.74, 6) is 0. The van der Waals surface area contributed by atoms with Crippen molar-refractivity contribution in [2.45, 2.75) is 44.9 Å². The van der Waals surface area contributed by atoms with Crippen LogP contribution >= 0.6 is 0 Å². The van der Waals surface area contributed by atoms with E-state index in [4.69, 9.17) is 4.74 Å². The lowest BCUT2D eigenvalue weighted by molar-refractivity contribution is -0.0337. The van der Waals surface area contributed by atoms with Crippen LogP contribution in [0.1, 0.15) is 26.7 Å². The second kappa shape index (κ2) is 5.17. The van der Waals surface area contributed by atoms with Gasteiger partial charge in [-0.3, -0.25) is 4.98 Å². The third kappa shape index (κ3) is 2.71. The van der Waals surface area contributed by atoms with Gasteiger partial charge in [-0.05, 0) is 38.8 Å². The number of benzene rings is 1. The Labute approximate surface area is 114 Å². The van der Waals surface area contributed by atoms with E-state index in [1.54, 1.807) is 0 Å². The number of hydrogen-bond donors (Lipinski definition) is 1. The molecule has 100 valence electrons. The number of fused-ring (bicyclic) bond motifs is 1. The average molecular weight is 256 g/mol. The van der Waals surface area contributed by atoms with Gasteiger partial charge in [0.2, 0.25) is 0 Å². The van der Waals surface area contributed by atoms with Crippen molar-refractivity contribution in [3.63, 3.8) is 0 Å². The molecule has 1 N–H and O–H groups in total. The quantitative estimate of drug-likeness (QED) is 0.891. The van der Waals surface area contributed by atoms with Crippen LogP contribution in [0.5, 0.6) is 0 Å². The van der Waals surface area contributed by atoms with E-state index in [0.29, 0.717) is 18.2 Å². The standard InChI is InChI=1S/C16H20N2O/c1-11-8-14(9-12(2)19-11)18-16-5-3-4-13-10-17-7-6-15(13)16/h3-7,10-12,14,18H,8-9H2,1-2H3. The molecule has 0 spiro atoms. The lowest BCUT2D eigenvalue weighted by atomic mass is 9.99. The van der Waals surface area contributed by atoms with Gasteiger partial charge < -0.3 is 10.1 Å². The zero-order valence-electron chi connectivity index (χ0n) is 11.5. The summed E-state index contributed by atoms with van der Waals surface area (Å²) in [5, 5.41) is 6.10. The van der Waals surface area contributed by atoms with Crippen molar-refractivity contribution in [2.24, 2.45) is 0 Å². The SMILES string of the molecule is CC1CC(Nc2cccc3cnccc23)CC(C)O1. The molecule has 2 atom stereocenters. The van der Waals surface area contributed by atoms with Crippen LogP contribution in [0.4, 0.5) is 5.69 Å². The minimum absolute atomic E-state index is 0.331. The number of anilines is 1. The maximum Gasteiger partial charge on any atom is 0.0570 e. The first-order valence-electron chi connectivity index (χ1n) is 6.97. The third-order valence-corrected chi connectivity index (χ3v) is 3.74. The maximum absolute atomic E-state index is 5.79. The highest BCUT2D eigenvalue weighted by atomic mass is 16.5. The van der Waals surface area contributed by atoms with Crippen molar-refractivity contribution >= 4 is 16.5 Å². The summed E-state index contributed by atoms with van der Waals surface area (Å²) >= 11 is 0. The van der Waals surface area contributed by atoms with Gasteiger partial charge in [0, 0.05) is 34.9 Å². The van der Waals surface area contributed by atoms with E-state index in [1.807, 2.05) is 12.4 Å². The first-order chi connectivity index (χ1) is 9.22. The summed E-state index contributed by atoms with van der Waals surface area (Å²) in [4.78, 5) is 4.18. The molecule has 1 saturated heterocycles. The predicted octanol–water partition coefficient (Wildman–Crippen LogP) is 3.60. The van der Waals surface area contributed by atoms with E-state index in [0.717, 1.165) is 12.8 Å². The molecule has 3 heteroatoms. The molecule has 0 amide bonds. The predicted molar refractivity (Wildman–Crippen MR) is 78.4 cm³/mol. The molecule has 19 heavy (non-hydrogen) atoms. The fraction of sp³-hybridized carbons (Fsp3) is 0.438. The Morgan fingerprint density at radius 2 is 1.95 bits per heavy atom. The molecule has 2 unspecified atom stereocenters. The topological polar surface area (TPSA) is 34.2 Å². The lowest BCUT2D eigenvalue weighted by Crippen LogP contribution is -2.36. The van der Waals surface area contributed by atoms with Crippen molar-refractivity contribution in [3.8, 4) is 0 Å². The van der Waals surface area contributed by atoms with Crippen molar-refractivity contribution in [3.05, 3.63) is 36.7 Å². The molecule has 2 aromatic rings. The van der Waals surface area contributed by atoms with Crippen LogP contribution < -0.4 is 5.32 Å². The van der Waals surface area contributed by atoms with Gasteiger partial charge in [-0.15, -0.1) is 0 Å². The first kappa shape index (κ1) is 12.4. The van der Waals surface area contributed by atoms with E-state index in [2.05, 4.69) is 48.4 Å². The van der Waals surface area contributed by atoms with Crippen LogP contribution in [0, 0.1) is 0 Å². The highest BCUT2D eigenvalue weighted by molar-refractivity contribution is 5.93. The molecule has 1 aliphatic heterocycles. The summed E-state index contributed by atoms with van der Waals surface area (Å²) in [7, 11) is 0. The fourth-order valence-electron chi connectivity index (χ4n) is 2.99. The van der Waals surface area contributed by atoms with E-state index < -0.39 is 0 Å². The Morgan fingerprint density at radius 3 is 2.74 bits per heavy atom. The molecule has 3 rings (SSSR count). The summed E-state index contributed by atoms with van der Waals surface area (Å²) in [6, 6.07) is 8.88. The van der Waals surface area contributed by atoms with Gasteiger partial charge in [-0.2, -0.15) is 0 Å². The largest absolute Gasteiger partial charge is 0.382 e. The molecular weight excluding hydrogens is 236 g/mol. The van der Waals surface area contributed by atoms with Gasteiger partial charge in [-0.1, -0.05) is 12.1 Å². The van der Waals surface area contributed by atoms with Gasteiger partial charge in [0.05, 0.1) is 12.2 Å². The van der Waals surface area contributed by atoms with Gasteiger partial charge in [0.1, 0.15) is 0 Å². The molecule has 0 aliphatic carbocycles. The number of aromatic nitrogens is 1. The molecule has 0 saturated carbocycles. The van der Waals surface area contributed by atoms with Crippen molar-refractivity contribution in [1.29, 1.82) is 0 Å². The van der Waals surface area contributed by atoms with Crippen LogP contribution in [0.15, 0.2) is 36.7 Å². The van der Waals surface area contributed by atoms with Gasteiger partial charge in [0.15, 0.2) is 0 Å². The Bertz CT molecular complexity index is 554. The number of nitrogens with one attached hydrogen (secondary N) is 1. The smallest absolute Gasteiger partial charge is 0.0570 e. The molecule has 2 heterocycles. The highest BCUT2D eigenvalue weighted by Gasteiger charge is 2.24. The van der Waals surface area contributed by atoms with Crippen LogP contribution in [-0.4, -0.2) is 23.2 Å². The summed E-state index contributed by atoms with van der Waals surface area (Å²) in [5.41, 5.74) is 1.20. The Morgan fingerprint density at radius 1 is 1.16 bits per heavy atom. The summed E-state index contributed by atoms with van der Waals surface area (Å²) in [6.07, 6.45) is 6.55. The third-order valence-electron chi connectivity index (χ3n) is 3.74.